The normalized spacial score (nSPS) is 10.2. The van der Waals surface area contributed by atoms with Crippen molar-refractivity contribution in [1.82, 2.24) is 0 Å². The van der Waals surface area contributed by atoms with E-state index in [1.54, 1.807) is 0 Å². The number of hydrogen-bond acceptors (Lipinski definition) is 0. The van der Waals surface area contributed by atoms with Gasteiger partial charge in [-0.2, -0.15) is 0 Å². The van der Waals surface area contributed by atoms with Crippen molar-refractivity contribution in [3.8, 4) is 0 Å². The van der Waals surface area contributed by atoms with E-state index in [0.717, 1.165) is 11.4 Å². The molecule has 0 saturated carbocycles. The Morgan fingerprint density at radius 2 is 1.73 bits per heavy atom. The molecule has 0 fully saturated rings. The molecule has 60 valence electrons. The van der Waals surface area contributed by atoms with Crippen molar-refractivity contribution in [2.45, 2.75) is 27.2 Å². The molecule has 0 nitrogen and oxygen atoms in total. The molecule has 1 heteroatoms. The molecule has 0 unspecified atom stereocenters. The van der Waals surface area contributed by atoms with E-state index in [1.807, 2.05) is 6.07 Å². The largest absolute Gasteiger partial charge is 0.0840 e. The van der Waals surface area contributed by atoms with Gasteiger partial charge in [0.25, 0.3) is 0 Å². The Balaban J connectivity index is 3.21. The van der Waals surface area contributed by atoms with E-state index in [0.29, 0.717) is 0 Å². The third kappa shape index (κ3) is 1.75. The molecule has 1 rings (SSSR count). The molecule has 0 aliphatic heterocycles. The number of hydrogen-bond donors (Lipinski definition) is 0. The Hall–Kier alpha value is -0.490. The predicted molar refractivity (Wildman–Crippen MR) is 50.3 cm³/mol. The average molecular weight is 169 g/mol. The Morgan fingerprint density at radius 3 is 2.27 bits per heavy atom. The molecule has 0 aromatic heterocycles. The van der Waals surface area contributed by atoms with Gasteiger partial charge in [0.05, 0.1) is 0 Å². The molecule has 0 atom stereocenters. The van der Waals surface area contributed by atoms with Crippen molar-refractivity contribution in [1.29, 1.82) is 0 Å². The van der Waals surface area contributed by atoms with Gasteiger partial charge in [0.15, 0.2) is 0 Å². The zero-order valence-electron chi connectivity index (χ0n) is 7.24. The van der Waals surface area contributed by atoms with Crippen LogP contribution >= 0.6 is 11.6 Å². The fraction of sp³-hybridized carbons (Fsp3) is 0.400. The first-order valence-electron chi connectivity index (χ1n) is 3.90. The highest BCUT2D eigenvalue weighted by Gasteiger charge is 2.00. The van der Waals surface area contributed by atoms with Crippen LogP contribution < -0.4 is 0 Å². The molecule has 1 aromatic rings. The summed E-state index contributed by atoms with van der Waals surface area (Å²) < 4.78 is 0. The molecule has 0 N–H and O–H groups in total. The second-order valence-corrected chi connectivity index (χ2v) is 3.29. The van der Waals surface area contributed by atoms with Crippen molar-refractivity contribution >= 4 is 11.6 Å². The molecule has 11 heavy (non-hydrogen) atoms. The molecule has 0 saturated heterocycles. The topological polar surface area (TPSA) is 0 Å². The second kappa shape index (κ2) is 3.27. The maximum Gasteiger partial charge on any atom is 0.0440 e. The van der Waals surface area contributed by atoms with Gasteiger partial charge in [-0.3, -0.25) is 0 Å². The quantitative estimate of drug-likeness (QED) is 0.602. The summed E-state index contributed by atoms with van der Waals surface area (Å²) in [6.45, 7) is 6.32. The lowest BCUT2D eigenvalue weighted by Gasteiger charge is -2.05. The van der Waals surface area contributed by atoms with Gasteiger partial charge in [0.2, 0.25) is 0 Å². The number of benzene rings is 1. The van der Waals surface area contributed by atoms with E-state index in [9.17, 15) is 0 Å². The molecule has 0 bridgehead atoms. The first-order chi connectivity index (χ1) is 5.15. The van der Waals surface area contributed by atoms with Gasteiger partial charge in [0, 0.05) is 5.02 Å². The van der Waals surface area contributed by atoms with Crippen LogP contribution in [0.5, 0.6) is 0 Å². The highest BCUT2D eigenvalue weighted by atomic mass is 35.5. The predicted octanol–water partition coefficient (Wildman–Crippen LogP) is 3.52. The summed E-state index contributed by atoms with van der Waals surface area (Å²) >= 11 is 6.00. The summed E-state index contributed by atoms with van der Waals surface area (Å²) in [6.07, 6.45) is 1.01. The minimum Gasteiger partial charge on any atom is -0.0840 e. The van der Waals surface area contributed by atoms with Crippen molar-refractivity contribution < 1.29 is 0 Å². The number of halogens is 1. The molecule has 0 amide bonds. The lowest BCUT2D eigenvalue weighted by Crippen LogP contribution is -1.87. The molecule has 0 aliphatic rings. The van der Waals surface area contributed by atoms with Crippen LogP contribution in [0.15, 0.2) is 12.1 Å². The van der Waals surface area contributed by atoms with Crippen LogP contribution in [0.2, 0.25) is 5.02 Å². The van der Waals surface area contributed by atoms with Crippen LogP contribution in [0.25, 0.3) is 0 Å². The van der Waals surface area contributed by atoms with Gasteiger partial charge < -0.3 is 0 Å². The summed E-state index contributed by atoms with van der Waals surface area (Å²) in [6, 6.07) is 4.20. The smallest absolute Gasteiger partial charge is 0.0440 e. The van der Waals surface area contributed by atoms with E-state index in [1.165, 1.54) is 16.7 Å². The Kier molecular flexibility index (Phi) is 2.56. The first-order valence-corrected chi connectivity index (χ1v) is 4.28. The van der Waals surface area contributed by atoms with E-state index < -0.39 is 0 Å². The number of aryl methyl sites for hydroxylation is 3. The van der Waals surface area contributed by atoms with Crippen molar-refractivity contribution in [2.24, 2.45) is 0 Å². The Labute approximate surface area is 73.2 Å². The van der Waals surface area contributed by atoms with E-state index >= 15 is 0 Å². The zero-order valence-corrected chi connectivity index (χ0v) is 8.00. The summed E-state index contributed by atoms with van der Waals surface area (Å²) in [4.78, 5) is 0. The summed E-state index contributed by atoms with van der Waals surface area (Å²) in [5.74, 6) is 0. The molecule has 0 heterocycles. The van der Waals surface area contributed by atoms with Crippen LogP contribution in [-0.2, 0) is 6.42 Å². The van der Waals surface area contributed by atoms with Crippen LogP contribution in [0.4, 0.5) is 0 Å². The van der Waals surface area contributed by atoms with Crippen LogP contribution in [0, 0.1) is 13.8 Å². The SMILES string of the molecule is CCc1cc(C)c(C)cc1Cl. The summed E-state index contributed by atoms with van der Waals surface area (Å²) in [7, 11) is 0. The van der Waals surface area contributed by atoms with Crippen LogP contribution in [-0.4, -0.2) is 0 Å². The maximum absolute atomic E-state index is 6.00. The van der Waals surface area contributed by atoms with E-state index in [2.05, 4.69) is 26.8 Å². The third-order valence-corrected chi connectivity index (χ3v) is 2.40. The molecule has 1 aromatic carbocycles. The standard InChI is InChI=1S/C10H13Cl/c1-4-9-5-7(2)8(3)6-10(9)11/h5-6H,4H2,1-3H3. The highest BCUT2D eigenvalue weighted by Crippen LogP contribution is 2.20. The lowest BCUT2D eigenvalue weighted by atomic mass is 10.1. The van der Waals surface area contributed by atoms with Crippen molar-refractivity contribution in [3.63, 3.8) is 0 Å². The molecular formula is C10H13Cl. The van der Waals surface area contributed by atoms with Gasteiger partial charge in [-0.05, 0) is 43.0 Å². The Morgan fingerprint density at radius 1 is 1.18 bits per heavy atom. The van der Waals surface area contributed by atoms with Crippen molar-refractivity contribution in [3.05, 3.63) is 33.8 Å². The van der Waals surface area contributed by atoms with Gasteiger partial charge in [-0.25, -0.2) is 0 Å². The monoisotopic (exact) mass is 168 g/mol. The molecule has 0 aliphatic carbocycles. The van der Waals surface area contributed by atoms with Crippen molar-refractivity contribution in [2.75, 3.05) is 0 Å². The summed E-state index contributed by atoms with van der Waals surface area (Å²) in [5, 5.41) is 0.899. The minimum absolute atomic E-state index is 0.899. The van der Waals surface area contributed by atoms with Gasteiger partial charge in [0.1, 0.15) is 0 Å². The molecule has 0 radical (unpaired) electrons. The van der Waals surface area contributed by atoms with Gasteiger partial charge >= 0.3 is 0 Å². The molecule has 0 spiro atoms. The van der Waals surface area contributed by atoms with E-state index in [-0.39, 0.29) is 0 Å². The van der Waals surface area contributed by atoms with Gasteiger partial charge in [-0.15, -0.1) is 0 Å². The lowest BCUT2D eigenvalue weighted by molar-refractivity contribution is 1.12. The Bertz CT molecular complexity index is 264. The highest BCUT2D eigenvalue weighted by molar-refractivity contribution is 6.31. The summed E-state index contributed by atoms with van der Waals surface area (Å²) in [5.41, 5.74) is 3.84. The van der Waals surface area contributed by atoms with Crippen LogP contribution in [0.1, 0.15) is 23.6 Å². The zero-order chi connectivity index (χ0) is 8.43. The number of rotatable bonds is 1. The minimum atomic E-state index is 0.899. The van der Waals surface area contributed by atoms with Crippen LogP contribution in [0.3, 0.4) is 0 Å². The average Bonchev–Trinajstić information content (AvgIpc) is 1.97. The fourth-order valence-electron chi connectivity index (χ4n) is 1.11. The van der Waals surface area contributed by atoms with E-state index in [4.69, 9.17) is 11.6 Å². The first kappa shape index (κ1) is 8.61. The fourth-order valence-corrected chi connectivity index (χ4v) is 1.46. The maximum atomic E-state index is 6.00. The molecular weight excluding hydrogens is 156 g/mol. The third-order valence-electron chi connectivity index (χ3n) is 2.04. The van der Waals surface area contributed by atoms with Gasteiger partial charge in [-0.1, -0.05) is 24.6 Å². The second-order valence-electron chi connectivity index (χ2n) is 2.88.